The molecule has 0 spiro atoms. The minimum Gasteiger partial charge on any atom is -0.465 e. The standard InChI is InChI=1S/C26H26N2O4/c29-25(32-18-19-8-3-1-4-9-19)27-24-17-28(26(30)31)15-14-23(24)22-13-7-12-21(16-22)20-10-5-2-6-11-20/h1-13,16,23-24H,14-15,17-18H2,(H,27,29)(H,30,31)/t23-,24+/m1/s1. The lowest BCUT2D eigenvalue weighted by Crippen LogP contribution is -2.53. The van der Waals surface area contributed by atoms with E-state index in [1.54, 1.807) is 0 Å². The number of nitrogens with one attached hydrogen (secondary N) is 1. The van der Waals surface area contributed by atoms with E-state index in [0.717, 1.165) is 22.3 Å². The summed E-state index contributed by atoms with van der Waals surface area (Å²) in [5.74, 6) is -0.0152. The topological polar surface area (TPSA) is 78.9 Å². The molecule has 0 radical (unpaired) electrons. The molecule has 32 heavy (non-hydrogen) atoms. The van der Waals surface area contributed by atoms with E-state index in [2.05, 4.69) is 29.6 Å². The zero-order valence-electron chi connectivity index (χ0n) is 17.7. The fraction of sp³-hybridized carbons (Fsp3) is 0.231. The Morgan fingerprint density at radius 2 is 1.62 bits per heavy atom. The van der Waals surface area contributed by atoms with E-state index < -0.39 is 12.2 Å². The van der Waals surface area contributed by atoms with Gasteiger partial charge in [0.1, 0.15) is 6.61 Å². The maximum absolute atomic E-state index is 12.5. The molecular weight excluding hydrogens is 404 g/mol. The summed E-state index contributed by atoms with van der Waals surface area (Å²) in [5, 5.41) is 12.4. The summed E-state index contributed by atoms with van der Waals surface area (Å²) in [5.41, 5.74) is 4.17. The molecule has 0 aliphatic carbocycles. The minimum absolute atomic E-state index is 0.0152. The molecule has 0 saturated carbocycles. The van der Waals surface area contributed by atoms with Crippen LogP contribution in [0.15, 0.2) is 84.9 Å². The second kappa shape index (κ2) is 10.0. The van der Waals surface area contributed by atoms with E-state index in [-0.39, 0.29) is 25.1 Å². The zero-order chi connectivity index (χ0) is 22.3. The second-order valence-electron chi connectivity index (χ2n) is 7.93. The molecular formula is C26H26N2O4. The lowest BCUT2D eigenvalue weighted by molar-refractivity contribution is 0.106. The van der Waals surface area contributed by atoms with Gasteiger partial charge in [0.25, 0.3) is 0 Å². The van der Waals surface area contributed by atoms with Crippen LogP contribution in [0.3, 0.4) is 0 Å². The predicted octanol–water partition coefficient (Wildman–Crippen LogP) is 5.12. The van der Waals surface area contributed by atoms with Gasteiger partial charge in [-0.25, -0.2) is 9.59 Å². The zero-order valence-corrected chi connectivity index (χ0v) is 17.7. The van der Waals surface area contributed by atoms with Crippen molar-refractivity contribution in [2.24, 2.45) is 0 Å². The van der Waals surface area contributed by atoms with E-state index in [0.29, 0.717) is 13.0 Å². The number of likely N-dealkylation sites (tertiary alicyclic amines) is 1. The molecule has 3 aromatic carbocycles. The van der Waals surface area contributed by atoms with Crippen LogP contribution in [-0.2, 0) is 11.3 Å². The number of hydrogen-bond donors (Lipinski definition) is 2. The van der Waals surface area contributed by atoms with Gasteiger partial charge in [-0.1, -0.05) is 84.9 Å². The number of carbonyl (C=O) groups is 2. The molecule has 2 atom stereocenters. The van der Waals surface area contributed by atoms with Crippen LogP contribution in [0.25, 0.3) is 11.1 Å². The number of amides is 2. The summed E-state index contributed by atoms with van der Waals surface area (Å²) in [6.45, 7) is 0.805. The van der Waals surface area contributed by atoms with E-state index in [9.17, 15) is 14.7 Å². The van der Waals surface area contributed by atoms with Crippen molar-refractivity contribution in [3.8, 4) is 11.1 Å². The van der Waals surface area contributed by atoms with Gasteiger partial charge < -0.3 is 20.1 Å². The van der Waals surface area contributed by atoms with Gasteiger partial charge in [-0.15, -0.1) is 0 Å². The maximum atomic E-state index is 12.5. The summed E-state index contributed by atoms with van der Waals surface area (Å²) in [7, 11) is 0. The van der Waals surface area contributed by atoms with Gasteiger partial charge in [0, 0.05) is 19.0 Å². The Bertz CT molecular complexity index is 1060. The summed E-state index contributed by atoms with van der Waals surface area (Å²) in [4.78, 5) is 25.4. The van der Waals surface area contributed by atoms with Crippen LogP contribution in [0.1, 0.15) is 23.5 Å². The first kappa shape index (κ1) is 21.4. The molecule has 0 aromatic heterocycles. The molecule has 1 fully saturated rings. The van der Waals surface area contributed by atoms with Crippen molar-refractivity contribution in [3.05, 3.63) is 96.1 Å². The van der Waals surface area contributed by atoms with Gasteiger partial charge in [-0.05, 0) is 28.7 Å². The van der Waals surface area contributed by atoms with Crippen LogP contribution in [0, 0.1) is 0 Å². The van der Waals surface area contributed by atoms with Crippen molar-refractivity contribution >= 4 is 12.2 Å². The number of rotatable bonds is 5. The molecule has 164 valence electrons. The molecule has 3 aromatic rings. The van der Waals surface area contributed by atoms with E-state index >= 15 is 0 Å². The molecule has 2 N–H and O–H groups in total. The normalized spacial score (nSPS) is 18.1. The highest BCUT2D eigenvalue weighted by molar-refractivity contribution is 5.69. The molecule has 1 heterocycles. The first-order chi connectivity index (χ1) is 15.6. The molecule has 0 bridgehead atoms. The fourth-order valence-electron chi connectivity index (χ4n) is 4.17. The molecule has 0 unspecified atom stereocenters. The lowest BCUT2D eigenvalue weighted by Gasteiger charge is -2.37. The van der Waals surface area contributed by atoms with E-state index in [1.807, 2.05) is 60.7 Å². The Morgan fingerprint density at radius 1 is 0.938 bits per heavy atom. The van der Waals surface area contributed by atoms with Gasteiger partial charge in [0.2, 0.25) is 0 Å². The third-order valence-electron chi connectivity index (χ3n) is 5.82. The lowest BCUT2D eigenvalue weighted by atomic mass is 9.84. The summed E-state index contributed by atoms with van der Waals surface area (Å²) in [6.07, 6.45) is -0.907. The minimum atomic E-state index is -0.981. The quantitative estimate of drug-likeness (QED) is 0.589. The number of hydrogen-bond acceptors (Lipinski definition) is 3. The van der Waals surface area contributed by atoms with Crippen LogP contribution in [0.2, 0.25) is 0 Å². The monoisotopic (exact) mass is 430 g/mol. The van der Waals surface area contributed by atoms with Gasteiger partial charge in [-0.3, -0.25) is 0 Å². The van der Waals surface area contributed by atoms with Gasteiger partial charge in [0.15, 0.2) is 0 Å². The molecule has 1 aliphatic heterocycles. The number of carbonyl (C=O) groups excluding carboxylic acids is 1. The Labute approximate surface area is 187 Å². The summed E-state index contributed by atoms with van der Waals surface area (Å²) in [6, 6.07) is 27.4. The summed E-state index contributed by atoms with van der Waals surface area (Å²) >= 11 is 0. The average Bonchev–Trinajstić information content (AvgIpc) is 2.84. The Balaban J connectivity index is 1.51. The first-order valence-electron chi connectivity index (χ1n) is 10.7. The highest BCUT2D eigenvalue weighted by atomic mass is 16.5. The fourth-order valence-corrected chi connectivity index (χ4v) is 4.17. The van der Waals surface area contributed by atoms with E-state index in [4.69, 9.17) is 4.74 Å². The summed E-state index contributed by atoms with van der Waals surface area (Å²) < 4.78 is 5.39. The van der Waals surface area contributed by atoms with Gasteiger partial charge in [0.05, 0.1) is 6.04 Å². The highest BCUT2D eigenvalue weighted by Crippen LogP contribution is 2.31. The Kier molecular flexibility index (Phi) is 6.70. The first-order valence-corrected chi connectivity index (χ1v) is 10.7. The SMILES string of the molecule is O=C(N[C@H]1CN(C(=O)O)CC[C@@H]1c1cccc(-c2ccccc2)c1)OCc1ccccc1. The van der Waals surface area contributed by atoms with Crippen LogP contribution in [0.4, 0.5) is 9.59 Å². The van der Waals surface area contributed by atoms with Crippen molar-refractivity contribution in [3.63, 3.8) is 0 Å². The number of alkyl carbamates (subject to hydrolysis) is 1. The van der Waals surface area contributed by atoms with Crippen molar-refractivity contribution < 1.29 is 19.4 Å². The third kappa shape index (κ3) is 5.27. The second-order valence-corrected chi connectivity index (χ2v) is 7.93. The maximum Gasteiger partial charge on any atom is 0.407 e. The van der Waals surface area contributed by atoms with Gasteiger partial charge in [-0.2, -0.15) is 0 Å². The number of ether oxygens (including phenoxy) is 1. The number of nitrogens with zero attached hydrogens (tertiary/aromatic N) is 1. The predicted molar refractivity (Wildman–Crippen MR) is 122 cm³/mol. The molecule has 4 rings (SSSR count). The van der Waals surface area contributed by atoms with Crippen LogP contribution >= 0.6 is 0 Å². The van der Waals surface area contributed by atoms with Crippen LogP contribution < -0.4 is 5.32 Å². The molecule has 2 amide bonds. The average molecular weight is 431 g/mol. The largest absolute Gasteiger partial charge is 0.465 e. The van der Waals surface area contributed by atoms with Crippen molar-refractivity contribution in [2.75, 3.05) is 13.1 Å². The van der Waals surface area contributed by atoms with Crippen molar-refractivity contribution in [1.82, 2.24) is 10.2 Å². The molecule has 1 aliphatic rings. The van der Waals surface area contributed by atoms with Crippen molar-refractivity contribution in [2.45, 2.75) is 25.0 Å². The number of carboxylic acid groups (broad SMARTS) is 1. The molecule has 1 saturated heterocycles. The third-order valence-corrected chi connectivity index (χ3v) is 5.82. The van der Waals surface area contributed by atoms with E-state index in [1.165, 1.54) is 4.90 Å². The van der Waals surface area contributed by atoms with Gasteiger partial charge >= 0.3 is 12.2 Å². The Hall–Kier alpha value is -3.80. The van der Waals surface area contributed by atoms with Crippen molar-refractivity contribution in [1.29, 1.82) is 0 Å². The van der Waals surface area contributed by atoms with Crippen LogP contribution in [0.5, 0.6) is 0 Å². The number of benzene rings is 3. The Morgan fingerprint density at radius 3 is 2.34 bits per heavy atom. The molecule has 6 heteroatoms. The van der Waals surface area contributed by atoms with Crippen LogP contribution in [-0.4, -0.2) is 41.3 Å². The molecule has 6 nitrogen and oxygen atoms in total. The highest BCUT2D eigenvalue weighted by Gasteiger charge is 2.34. The smallest absolute Gasteiger partial charge is 0.407 e. The number of piperidine rings is 1.